The summed E-state index contributed by atoms with van der Waals surface area (Å²) in [5.41, 5.74) is -0.448. The second-order valence-corrected chi connectivity index (χ2v) is 9.44. The van der Waals surface area contributed by atoms with E-state index in [9.17, 15) is 13.5 Å². The molecule has 1 fully saturated rings. The van der Waals surface area contributed by atoms with Crippen LogP contribution in [0.4, 0.5) is 5.95 Å². The van der Waals surface area contributed by atoms with Crippen LogP contribution in [0.2, 0.25) is 5.15 Å². The van der Waals surface area contributed by atoms with E-state index in [2.05, 4.69) is 26.8 Å². The highest BCUT2D eigenvalue weighted by molar-refractivity contribution is 7.89. The zero-order valence-corrected chi connectivity index (χ0v) is 17.9. The lowest BCUT2D eigenvalue weighted by Crippen LogP contribution is -2.54. The van der Waals surface area contributed by atoms with Gasteiger partial charge in [-0.25, -0.2) is 23.4 Å². The van der Waals surface area contributed by atoms with E-state index in [1.54, 1.807) is 33.2 Å². The van der Waals surface area contributed by atoms with Crippen molar-refractivity contribution in [2.75, 3.05) is 24.5 Å². The quantitative estimate of drug-likeness (QED) is 0.575. The molecule has 1 atom stereocenters. The third kappa shape index (κ3) is 4.67. The van der Waals surface area contributed by atoms with Crippen LogP contribution in [0.15, 0.2) is 35.6 Å². The third-order valence-electron chi connectivity index (χ3n) is 4.59. The number of nitrogens with zero attached hydrogens (tertiary/aromatic N) is 5. The van der Waals surface area contributed by atoms with Gasteiger partial charge < -0.3 is 10.0 Å². The largest absolute Gasteiger partial charge is 0.386 e. The van der Waals surface area contributed by atoms with E-state index < -0.39 is 21.7 Å². The minimum atomic E-state index is -3.72. The SMILES string of the molecule is CC#CC1CN(S(=O)(=O)c2ccc(Cl)nc2)CCN1c1ncc(C(C)(C)O)cn1. The minimum Gasteiger partial charge on any atom is -0.386 e. The fraction of sp³-hybridized carbons (Fsp3) is 0.421. The Balaban J connectivity index is 1.84. The molecular formula is C19H22ClN5O3S. The summed E-state index contributed by atoms with van der Waals surface area (Å²) in [6, 6.07) is 2.49. The molecule has 0 spiro atoms. The van der Waals surface area contributed by atoms with Gasteiger partial charge in [-0.1, -0.05) is 17.5 Å². The number of sulfonamides is 1. The minimum absolute atomic E-state index is 0.0873. The summed E-state index contributed by atoms with van der Waals surface area (Å²) >= 11 is 5.76. The van der Waals surface area contributed by atoms with Gasteiger partial charge in [0.25, 0.3) is 0 Å². The van der Waals surface area contributed by atoms with Gasteiger partial charge >= 0.3 is 0 Å². The monoisotopic (exact) mass is 435 g/mol. The Labute approximate surface area is 175 Å². The van der Waals surface area contributed by atoms with Gasteiger partial charge in [-0.3, -0.25) is 0 Å². The molecule has 29 heavy (non-hydrogen) atoms. The summed E-state index contributed by atoms with van der Waals surface area (Å²) < 4.78 is 27.3. The van der Waals surface area contributed by atoms with Crippen LogP contribution in [0, 0.1) is 11.8 Å². The van der Waals surface area contributed by atoms with Gasteiger partial charge in [0.15, 0.2) is 0 Å². The molecule has 0 aliphatic carbocycles. The maximum absolute atomic E-state index is 13.0. The van der Waals surface area contributed by atoms with Crippen LogP contribution in [0.3, 0.4) is 0 Å². The smallest absolute Gasteiger partial charge is 0.244 e. The van der Waals surface area contributed by atoms with Gasteiger partial charge in [0, 0.05) is 43.8 Å². The van der Waals surface area contributed by atoms with Crippen LogP contribution in [0.5, 0.6) is 0 Å². The molecule has 1 unspecified atom stereocenters. The highest BCUT2D eigenvalue weighted by Crippen LogP contribution is 2.24. The van der Waals surface area contributed by atoms with Crippen molar-refractivity contribution in [3.8, 4) is 11.8 Å². The number of aliphatic hydroxyl groups is 1. The lowest BCUT2D eigenvalue weighted by atomic mass is 10.0. The third-order valence-corrected chi connectivity index (χ3v) is 6.67. The van der Waals surface area contributed by atoms with Crippen molar-refractivity contribution in [3.05, 3.63) is 41.4 Å². The molecule has 0 bridgehead atoms. The summed E-state index contributed by atoms with van der Waals surface area (Å²) in [5.74, 6) is 6.34. The lowest BCUT2D eigenvalue weighted by molar-refractivity contribution is 0.0778. The molecule has 10 heteroatoms. The molecule has 0 radical (unpaired) electrons. The molecule has 0 saturated carbocycles. The Morgan fingerprint density at radius 2 is 1.86 bits per heavy atom. The molecule has 2 aromatic heterocycles. The second-order valence-electron chi connectivity index (χ2n) is 7.11. The topological polar surface area (TPSA) is 99.5 Å². The van der Waals surface area contributed by atoms with Crippen LogP contribution < -0.4 is 4.90 Å². The van der Waals surface area contributed by atoms with E-state index in [4.69, 9.17) is 11.6 Å². The molecule has 154 valence electrons. The highest BCUT2D eigenvalue weighted by atomic mass is 35.5. The first-order valence-electron chi connectivity index (χ1n) is 8.98. The first kappa shape index (κ1) is 21.5. The number of hydrogen-bond acceptors (Lipinski definition) is 7. The average Bonchev–Trinajstić information content (AvgIpc) is 2.68. The first-order chi connectivity index (χ1) is 13.6. The normalized spacial score (nSPS) is 18.2. The molecule has 1 aliphatic heterocycles. The number of hydrogen-bond donors (Lipinski definition) is 1. The van der Waals surface area contributed by atoms with Crippen LogP contribution in [0.1, 0.15) is 26.3 Å². The van der Waals surface area contributed by atoms with Gasteiger partial charge in [0.1, 0.15) is 16.1 Å². The van der Waals surface area contributed by atoms with Gasteiger partial charge in [0.2, 0.25) is 16.0 Å². The van der Waals surface area contributed by atoms with Crippen LogP contribution in [0.25, 0.3) is 0 Å². The molecule has 2 aromatic rings. The van der Waals surface area contributed by atoms with Gasteiger partial charge in [-0.15, -0.1) is 5.92 Å². The van der Waals surface area contributed by atoms with Crippen LogP contribution in [-0.2, 0) is 15.6 Å². The van der Waals surface area contributed by atoms with E-state index in [1.807, 2.05) is 4.90 Å². The zero-order chi connectivity index (χ0) is 21.2. The molecule has 3 heterocycles. The number of rotatable bonds is 4. The maximum Gasteiger partial charge on any atom is 0.244 e. The average molecular weight is 436 g/mol. The van der Waals surface area contributed by atoms with Crippen molar-refractivity contribution in [3.63, 3.8) is 0 Å². The summed E-state index contributed by atoms with van der Waals surface area (Å²) in [7, 11) is -3.72. The van der Waals surface area contributed by atoms with Crippen LogP contribution >= 0.6 is 11.6 Å². The van der Waals surface area contributed by atoms with Crippen molar-refractivity contribution in [2.45, 2.75) is 37.3 Å². The Hall–Kier alpha value is -2.25. The Bertz CT molecular complexity index is 1020. The molecule has 1 saturated heterocycles. The first-order valence-corrected chi connectivity index (χ1v) is 10.8. The summed E-state index contributed by atoms with van der Waals surface area (Å²) in [4.78, 5) is 14.5. The predicted octanol–water partition coefficient (Wildman–Crippen LogP) is 1.66. The fourth-order valence-electron chi connectivity index (χ4n) is 2.96. The fourth-order valence-corrected chi connectivity index (χ4v) is 4.45. The molecule has 1 aliphatic rings. The summed E-state index contributed by atoms with van der Waals surface area (Å²) in [6.07, 6.45) is 4.39. The van der Waals surface area contributed by atoms with Crippen molar-refractivity contribution >= 4 is 27.6 Å². The number of pyridine rings is 1. The maximum atomic E-state index is 13.0. The number of halogens is 1. The molecule has 3 rings (SSSR count). The van der Waals surface area contributed by atoms with Gasteiger partial charge in [0.05, 0.1) is 5.60 Å². The molecule has 0 aromatic carbocycles. The number of anilines is 1. The van der Waals surface area contributed by atoms with E-state index >= 15 is 0 Å². The Kier molecular flexibility index (Phi) is 6.10. The van der Waals surface area contributed by atoms with Gasteiger partial charge in [-0.05, 0) is 32.9 Å². The summed E-state index contributed by atoms with van der Waals surface area (Å²) in [5, 5.41) is 10.3. The highest BCUT2D eigenvalue weighted by Gasteiger charge is 2.35. The Morgan fingerprint density at radius 3 is 2.41 bits per heavy atom. The second kappa shape index (κ2) is 8.24. The molecule has 1 N–H and O–H groups in total. The predicted molar refractivity (Wildman–Crippen MR) is 110 cm³/mol. The molecule has 8 nitrogen and oxygen atoms in total. The Morgan fingerprint density at radius 1 is 1.17 bits per heavy atom. The number of aromatic nitrogens is 3. The van der Waals surface area contributed by atoms with Crippen molar-refractivity contribution in [1.82, 2.24) is 19.3 Å². The van der Waals surface area contributed by atoms with Crippen LogP contribution in [-0.4, -0.2) is 58.5 Å². The number of piperazine rings is 1. The molecular weight excluding hydrogens is 414 g/mol. The van der Waals surface area contributed by atoms with E-state index in [0.717, 1.165) is 0 Å². The lowest BCUT2D eigenvalue weighted by Gasteiger charge is -2.38. The van der Waals surface area contributed by atoms with Crippen molar-refractivity contribution in [1.29, 1.82) is 0 Å². The zero-order valence-electron chi connectivity index (χ0n) is 16.4. The van der Waals surface area contributed by atoms with E-state index in [0.29, 0.717) is 18.1 Å². The van der Waals surface area contributed by atoms with E-state index in [1.165, 1.54) is 22.6 Å². The standard InChI is InChI=1S/C19H22ClN5O3S/c1-4-5-15-13-24(29(27,28)16-6-7-17(20)21-12-16)8-9-25(15)18-22-10-14(11-23-18)19(2,3)26/h6-7,10-12,15,26H,8-9,13H2,1-3H3. The van der Waals surface area contributed by atoms with Crippen molar-refractivity contribution in [2.24, 2.45) is 0 Å². The molecule has 0 amide bonds. The summed E-state index contributed by atoms with van der Waals surface area (Å²) in [6.45, 7) is 5.82. The van der Waals surface area contributed by atoms with E-state index in [-0.39, 0.29) is 23.1 Å². The van der Waals surface area contributed by atoms with Gasteiger partial charge in [-0.2, -0.15) is 4.31 Å². The van der Waals surface area contributed by atoms with Crippen molar-refractivity contribution < 1.29 is 13.5 Å².